The number of rotatable bonds is 2. The Kier molecular flexibility index (Phi) is 2.43. The van der Waals surface area contributed by atoms with Gasteiger partial charge in [-0.25, -0.2) is 0 Å². The van der Waals surface area contributed by atoms with E-state index in [1.165, 1.54) is 5.56 Å². The van der Waals surface area contributed by atoms with Gasteiger partial charge in [0.05, 0.1) is 0 Å². The molecule has 80 valence electrons. The summed E-state index contributed by atoms with van der Waals surface area (Å²) in [6.45, 7) is 0. The van der Waals surface area contributed by atoms with Crippen LogP contribution >= 0.6 is 11.6 Å². The van der Waals surface area contributed by atoms with Crippen LogP contribution < -0.4 is 0 Å². The van der Waals surface area contributed by atoms with Crippen LogP contribution in [-0.2, 0) is 4.74 Å². The Morgan fingerprint density at radius 2 is 1.50 bits per heavy atom. The van der Waals surface area contributed by atoms with E-state index >= 15 is 0 Å². The molecular formula is C14H11ClO. The quantitative estimate of drug-likeness (QED) is 0.706. The molecule has 1 saturated heterocycles. The van der Waals surface area contributed by atoms with Gasteiger partial charge in [-0.2, -0.15) is 0 Å². The maximum absolute atomic E-state index is 6.13. The molecule has 3 rings (SSSR count). The van der Waals surface area contributed by atoms with Gasteiger partial charge < -0.3 is 4.74 Å². The maximum Gasteiger partial charge on any atom is 0.115 e. The molecule has 1 aliphatic heterocycles. The van der Waals surface area contributed by atoms with Gasteiger partial charge in [-0.15, -0.1) is 0 Å². The lowest BCUT2D eigenvalue weighted by atomic mass is 10.0. The molecule has 1 nitrogen and oxygen atoms in total. The number of hydrogen-bond acceptors (Lipinski definition) is 1. The zero-order valence-corrected chi connectivity index (χ0v) is 9.39. The Morgan fingerprint density at radius 1 is 0.812 bits per heavy atom. The Hall–Kier alpha value is -1.31. The highest BCUT2D eigenvalue weighted by molar-refractivity contribution is 6.31. The Labute approximate surface area is 99.6 Å². The largest absolute Gasteiger partial charge is 0.359 e. The molecule has 1 aliphatic rings. The van der Waals surface area contributed by atoms with Crippen LogP contribution in [0.2, 0.25) is 5.02 Å². The third-order valence-corrected chi connectivity index (χ3v) is 3.18. The summed E-state index contributed by atoms with van der Waals surface area (Å²) in [4.78, 5) is 0. The smallest absolute Gasteiger partial charge is 0.115 e. The number of halogens is 1. The summed E-state index contributed by atoms with van der Waals surface area (Å²) in [5, 5.41) is 0.783. The second-order valence-corrected chi connectivity index (χ2v) is 4.32. The SMILES string of the molecule is Clc1ccccc1[C@@H]1O[C@H]1c1ccccc1. The van der Waals surface area contributed by atoms with Crippen LogP contribution in [0.5, 0.6) is 0 Å². The van der Waals surface area contributed by atoms with Gasteiger partial charge in [0.1, 0.15) is 12.2 Å². The Morgan fingerprint density at radius 3 is 2.25 bits per heavy atom. The minimum atomic E-state index is 0.121. The third kappa shape index (κ3) is 1.73. The van der Waals surface area contributed by atoms with Gasteiger partial charge in [-0.3, -0.25) is 0 Å². The van der Waals surface area contributed by atoms with Crippen LogP contribution in [-0.4, -0.2) is 0 Å². The van der Waals surface area contributed by atoms with Crippen molar-refractivity contribution in [2.24, 2.45) is 0 Å². The first-order chi connectivity index (χ1) is 7.86. The van der Waals surface area contributed by atoms with E-state index in [2.05, 4.69) is 12.1 Å². The van der Waals surface area contributed by atoms with Crippen molar-refractivity contribution in [3.05, 3.63) is 70.7 Å². The van der Waals surface area contributed by atoms with Crippen molar-refractivity contribution in [2.45, 2.75) is 12.2 Å². The molecule has 2 heteroatoms. The first-order valence-corrected chi connectivity index (χ1v) is 5.69. The van der Waals surface area contributed by atoms with E-state index in [4.69, 9.17) is 16.3 Å². The van der Waals surface area contributed by atoms with Crippen molar-refractivity contribution >= 4 is 11.6 Å². The minimum absolute atomic E-state index is 0.121. The third-order valence-electron chi connectivity index (χ3n) is 2.83. The molecular weight excluding hydrogens is 220 g/mol. The van der Waals surface area contributed by atoms with Crippen LogP contribution in [0, 0.1) is 0 Å². The Bertz CT molecular complexity index is 495. The zero-order chi connectivity index (χ0) is 11.0. The molecule has 2 aromatic carbocycles. The summed E-state index contributed by atoms with van der Waals surface area (Å²) in [6.07, 6.45) is 0.289. The molecule has 0 aliphatic carbocycles. The second kappa shape index (κ2) is 3.93. The molecule has 0 unspecified atom stereocenters. The molecule has 2 atom stereocenters. The first kappa shape index (κ1) is 9.88. The number of benzene rings is 2. The predicted octanol–water partition coefficient (Wildman–Crippen LogP) is 4.15. The van der Waals surface area contributed by atoms with Gasteiger partial charge in [0.15, 0.2) is 0 Å². The fourth-order valence-corrected chi connectivity index (χ4v) is 2.19. The molecule has 16 heavy (non-hydrogen) atoms. The van der Waals surface area contributed by atoms with Gasteiger partial charge in [-0.1, -0.05) is 60.1 Å². The molecule has 0 spiro atoms. The van der Waals surface area contributed by atoms with E-state index < -0.39 is 0 Å². The summed E-state index contributed by atoms with van der Waals surface area (Å²) in [6, 6.07) is 18.1. The lowest BCUT2D eigenvalue weighted by Gasteiger charge is -1.99. The fourth-order valence-electron chi connectivity index (χ4n) is 1.95. The van der Waals surface area contributed by atoms with E-state index in [0.29, 0.717) is 0 Å². The van der Waals surface area contributed by atoms with Crippen molar-refractivity contribution in [1.82, 2.24) is 0 Å². The van der Waals surface area contributed by atoms with Crippen molar-refractivity contribution in [3.8, 4) is 0 Å². The van der Waals surface area contributed by atoms with Gasteiger partial charge in [0, 0.05) is 10.6 Å². The average molecular weight is 231 g/mol. The van der Waals surface area contributed by atoms with Crippen LogP contribution in [0.3, 0.4) is 0 Å². The molecule has 0 amide bonds. The highest BCUT2D eigenvalue weighted by atomic mass is 35.5. The lowest BCUT2D eigenvalue weighted by Crippen LogP contribution is -1.85. The summed E-state index contributed by atoms with van der Waals surface area (Å²) >= 11 is 6.13. The normalized spacial score (nSPS) is 23.1. The standard InChI is InChI=1S/C14H11ClO/c15-12-9-5-4-8-11(12)14-13(16-14)10-6-2-1-3-7-10/h1-9,13-14H/t13-,14-/m0/s1. The molecule has 0 bridgehead atoms. The molecule has 0 aromatic heterocycles. The van der Waals surface area contributed by atoms with E-state index in [9.17, 15) is 0 Å². The molecule has 0 radical (unpaired) electrons. The van der Waals surface area contributed by atoms with Crippen molar-refractivity contribution in [2.75, 3.05) is 0 Å². The fraction of sp³-hybridized carbons (Fsp3) is 0.143. The molecule has 2 aromatic rings. The number of hydrogen-bond donors (Lipinski definition) is 0. The first-order valence-electron chi connectivity index (χ1n) is 5.31. The maximum atomic E-state index is 6.13. The highest BCUT2D eigenvalue weighted by Gasteiger charge is 2.42. The van der Waals surface area contributed by atoms with E-state index in [-0.39, 0.29) is 12.2 Å². The Balaban J connectivity index is 1.85. The monoisotopic (exact) mass is 230 g/mol. The van der Waals surface area contributed by atoms with Crippen molar-refractivity contribution in [1.29, 1.82) is 0 Å². The summed E-state index contributed by atoms with van der Waals surface area (Å²) < 4.78 is 5.69. The summed E-state index contributed by atoms with van der Waals surface area (Å²) in [5.41, 5.74) is 2.30. The van der Waals surface area contributed by atoms with E-state index in [1.807, 2.05) is 42.5 Å². The topological polar surface area (TPSA) is 12.5 Å². The summed E-state index contributed by atoms with van der Waals surface area (Å²) in [5.74, 6) is 0. The minimum Gasteiger partial charge on any atom is -0.359 e. The van der Waals surface area contributed by atoms with Crippen LogP contribution in [0.25, 0.3) is 0 Å². The van der Waals surface area contributed by atoms with Gasteiger partial charge in [-0.05, 0) is 11.6 Å². The molecule has 1 heterocycles. The highest BCUT2D eigenvalue weighted by Crippen LogP contribution is 2.52. The number of epoxide rings is 1. The van der Waals surface area contributed by atoms with Crippen LogP contribution in [0.1, 0.15) is 23.3 Å². The van der Waals surface area contributed by atoms with E-state index in [0.717, 1.165) is 10.6 Å². The zero-order valence-electron chi connectivity index (χ0n) is 8.64. The van der Waals surface area contributed by atoms with Gasteiger partial charge in [0.2, 0.25) is 0 Å². The predicted molar refractivity (Wildman–Crippen MR) is 64.5 cm³/mol. The van der Waals surface area contributed by atoms with Crippen molar-refractivity contribution in [3.63, 3.8) is 0 Å². The van der Waals surface area contributed by atoms with E-state index in [1.54, 1.807) is 0 Å². The molecule has 1 fully saturated rings. The van der Waals surface area contributed by atoms with Crippen LogP contribution in [0.15, 0.2) is 54.6 Å². The number of ether oxygens (including phenoxy) is 1. The molecule has 0 saturated carbocycles. The lowest BCUT2D eigenvalue weighted by molar-refractivity contribution is 0.378. The van der Waals surface area contributed by atoms with Crippen LogP contribution in [0.4, 0.5) is 0 Å². The average Bonchev–Trinajstić information content (AvgIpc) is 3.11. The van der Waals surface area contributed by atoms with Crippen molar-refractivity contribution < 1.29 is 4.74 Å². The van der Waals surface area contributed by atoms with Gasteiger partial charge in [0.25, 0.3) is 0 Å². The second-order valence-electron chi connectivity index (χ2n) is 3.91. The summed E-state index contributed by atoms with van der Waals surface area (Å²) in [7, 11) is 0. The molecule has 0 N–H and O–H groups in total. The van der Waals surface area contributed by atoms with Gasteiger partial charge >= 0.3 is 0 Å².